The molecule has 1 aromatic carbocycles. The lowest BCUT2D eigenvalue weighted by Gasteiger charge is -2.06. The molecule has 1 heterocycles. The highest BCUT2D eigenvalue weighted by atomic mass is 35.5. The number of carbonyl (C=O) groups is 1. The van der Waals surface area contributed by atoms with E-state index in [9.17, 15) is 4.79 Å². The van der Waals surface area contributed by atoms with Gasteiger partial charge in [0.05, 0.1) is 11.6 Å². The Morgan fingerprint density at radius 2 is 2.00 bits per heavy atom. The Morgan fingerprint density at radius 1 is 1.30 bits per heavy atom. The number of amides is 1. The first-order valence-electron chi connectivity index (χ1n) is 7.31. The van der Waals surface area contributed by atoms with Gasteiger partial charge in [-0.05, 0) is 24.6 Å². The van der Waals surface area contributed by atoms with Gasteiger partial charge in [0.2, 0.25) is 0 Å². The predicted octanol–water partition coefficient (Wildman–Crippen LogP) is 2.53. The molecule has 0 aliphatic carbocycles. The zero-order chi connectivity index (χ0) is 15.8. The van der Waals surface area contributed by atoms with Crippen molar-refractivity contribution < 1.29 is 9.53 Å². The van der Waals surface area contributed by atoms with E-state index in [0.29, 0.717) is 38.4 Å². The molecule has 0 radical (unpaired) electrons. The van der Waals surface area contributed by atoms with Crippen molar-refractivity contribution in [1.29, 1.82) is 0 Å². The van der Waals surface area contributed by atoms with Crippen LogP contribution in [-0.4, -0.2) is 24.0 Å². The maximum Gasteiger partial charge on any atom is 0.271 e. The van der Waals surface area contributed by atoms with Gasteiger partial charge in [0.15, 0.2) is 0 Å². The Labute approximate surface area is 146 Å². The smallest absolute Gasteiger partial charge is 0.271 e. The number of hydrogen-bond donors (Lipinski definition) is 2. The van der Waals surface area contributed by atoms with Crippen LogP contribution in [0.25, 0.3) is 0 Å². The average molecular weight is 356 g/mol. The van der Waals surface area contributed by atoms with Crippen LogP contribution >= 0.6 is 23.7 Å². The van der Waals surface area contributed by atoms with Crippen molar-refractivity contribution in [3.8, 4) is 0 Å². The Kier molecular flexibility index (Phi) is 8.79. The highest BCUT2D eigenvalue weighted by molar-refractivity contribution is 7.09. The van der Waals surface area contributed by atoms with E-state index in [4.69, 9.17) is 10.5 Å². The number of benzene rings is 1. The number of hydrogen-bond acceptors (Lipinski definition) is 5. The molecule has 5 nitrogen and oxygen atoms in total. The molecule has 1 aromatic heterocycles. The van der Waals surface area contributed by atoms with Gasteiger partial charge in [0, 0.05) is 25.0 Å². The van der Waals surface area contributed by atoms with Crippen molar-refractivity contribution in [1.82, 2.24) is 10.3 Å². The van der Waals surface area contributed by atoms with E-state index < -0.39 is 0 Å². The quantitative estimate of drug-likeness (QED) is 0.762. The first kappa shape index (κ1) is 19.6. The summed E-state index contributed by atoms with van der Waals surface area (Å²) < 4.78 is 5.35. The maximum atomic E-state index is 12.0. The summed E-state index contributed by atoms with van der Waals surface area (Å²) in [4.78, 5) is 16.3. The van der Waals surface area contributed by atoms with Crippen molar-refractivity contribution in [3.63, 3.8) is 0 Å². The van der Waals surface area contributed by atoms with Gasteiger partial charge >= 0.3 is 0 Å². The number of rotatable bonds is 8. The van der Waals surface area contributed by atoms with Crippen LogP contribution in [0.3, 0.4) is 0 Å². The SMILES string of the molecule is CCOCc1ccc(CNC(=O)c2csc(CCN)n2)cc1.Cl. The Bertz CT molecular complexity index is 602. The van der Waals surface area contributed by atoms with Crippen LogP contribution in [0.2, 0.25) is 0 Å². The maximum absolute atomic E-state index is 12.0. The molecule has 0 aliphatic heterocycles. The monoisotopic (exact) mass is 355 g/mol. The molecular formula is C16H22ClN3O2S. The van der Waals surface area contributed by atoms with Crippen LogP contribution in [0.1, 0.15) is 33.5 Å². The fraction of sp³-hybridized carbons (Fsp3) is 0.375. The molecule has 3 N–H and O–H groups in total. The number of halogens is 1. The van der Waals surface area contributed by atoms with E-state index >= 15 is 0 Å². The first-order chi connectivity index (χ1) is 10.7. The van der Waals surface area contributed by atoms with Crippen LogP contribution in [0.15, 0.2) is 29.6 Å². The molecule has 0 saturated carbocycles. The number of nitrogens with one attached hydrogen (secondary N) is 1. The third-order valence-electron chi connectivity index (χ3n) is 3.09. The van der Waals surface area contributed by atoms with E-state index in [1.807, 2.05) is 31.2 Å². The molecule has 1 amide bonds. The predicted molar refractivity (Wildman–Crippen MR) is 95.1 cm³/mol. The van der Waals surface area contributed by atoms with Gasteiger partial charge in [0.1, 0.15) is 5.69 Å². The van der Waals surface area contributed by atoms with Crippen molar-refractivity contribution in [3.05, 3.63) is 51.5 Å². The number of aromatic nitrogens is 1. The van der Waals surface area contributed by atoms with Crippen LogP contribution in [-0.2, 0) is 24.3 Å². The van der Waals surface area contributed by atoms with Gasteiger partial charge < -0.3 is 15.8 Å². The Hall–Kier alpha value is -1.47. The molecule has 0 bridgehead atoms. The first-order valence-corrected chi connectivity index (χ1v) is 8.19. The number of nitrogens with zero attached hydrogens (tertiary/aromatic N) is 1. The molecule has 23 heavy (non-hydrogen) atoms. The van der Waals surface area contributed by atoms with Gasteiger partial charge in [-0.2, -0.15) is 0 Å². The minimum absolute atomic E-state index is 0. The van der Waals surface area contributed by atoms with Crippen LogP contribution in [0, 0.1) is 0 Å². The molecule has 0 unspecified atom stereocenters. The Morgan fingerprint density at radius 3 is 2.65 bits per heavy atom. The number of ether oxygens (including phenoxy) is 1. The molecule has 0 spiro atoms. The number of thiazole rings is 1. The zero-order valence-electron chi connectivity index (χ0n) is 13.1. The zero-order valence-corrected chi connectivity index (χ0v) is 14.7. The summed E-state index contributed by atoms with van der Waals surface area (Å²) >= 11 is 1.47. The molecular weight excluding hydrogens is 334 g/mol. The number of carbonyl (C=O) groups excluding carboxylic acids is 1. The fourth-order valence-electron chi connectivity index (χ4n) is 1.90. The molecule has 2 aromatic rings. The normalized spacial score (nSPS) is 10.2. The van der Waals surface area contributed by atoms with E-state index in [1.165, 1.54) is 11.3 Å². The molecule has 7 heteroatoms. The summed E-state index contributed by atoms with van der Waals surface area (Å²) in [5.41, 5.74) is 8.11. The molecule has 0 fully saturated rings. The summed E-state index contributed by atoms with van der Waals surface area (Å²) in [6.45, 7) is 4.32. The lowest BCUT2D eigenvalue weighted by molar-refractivity contribution is 0.0946. The molecule has 0 aliphatic rings. The van der Waals surface area contributed by atoms with Crippen molar-refractivity contribution in [2.45, 2.75) is 26.5 Å². The van der Waals surface area contributed by atoms with Crippen molar-refractivity contribution in [2.24, 2.45) is 5.73 Å². The Balaban J connectivity index is 0.00000264. The summed E-state index contributed by atoms with van der Waals surface area (Å²) in [7, 11) is 0. The lowest BCUT2D eigenvalue weighted by Crippen LogP contribution is -2.23. The van der Waals surface area contributed by atoms with E-state index in [0.717, 1.165) is 16.1 Å². The van der Waals surface area contributed by atoms with E-state index in [-0.39, 0.29) is 18.3 Å². The largest absolute Gasteiger partial charge is 0.377 e. The van der Waals surface area contributed by atoms with Crippen LogP contribution in [0.4, 0.5) is 0 Å². The molecule has 0 saturated heterocycles. The second-order valence-corrected chi connectivity index (χ2v) is 5.74. The molecule has 126 valence electrons. The average Bonchev–Trinajstić information content (AvgIpc) is 3.01. The molecule has 0 atom stereocenters. The standard InChI is InChI=1S/C16H21N3O2S.ClH/c1-2-21-10-13-5-3-12(4-6-13)9-18-16(20)14-11-22-15(19-14)7-8-17;/h3-6,11H,2,7-10,17H2,1H3,(H,18,20);1H. The van der Waals surface area contributed by atoms with Gasteiger partial charge in [-0.1, -0.05) is 24.3 Å². The second-order valence-electron chi connectivity index (χ2n) is 4.80. The topological polar surface area (TPSA) is 77.2 Å². The second kappa shape index (κ2) is 10.3. The lowest BCUT2D eigenvalue weighted by atomic mass is 10.1. The van der Waals surface area contributed by atoms with Gasteiger partial charge in [0.25, 0.3) is 5.91 Å². The summed E-state index contributed by atoms with van der Waals surface area (Å²) in [5, 5.41) is 5.54. The molecule has 2 rings (SSSR count). The van der Waals surface area contributed by atoms with Crippen LogP contribution < -0.4 is 11.1 Å². The van der Waals surface area contributed by atoms with Gasteiger partial charge in [-0.3, -0.25) is 4.79 Å². The van der Waals surface area contributed by atoms with E-state index in [1.54, 1.807) is 5.38 Å². The number of nitrogens with two attached hydrogens (primary N) is 1. The van der Waals surface area contributed by atoms with Crippen molar-refractivity contribution in [2.75, 3.05) is 13.2 Å². The van der Waals surface area contributed by atoms with Crippen molar-refractivity contribution >= 4 is 29.7 Å². The summed E-state index contributed by atoms with van der Waals surface area (Å²) in [5.74, 6) is -0.155. The minimum atomic E-state index is -0.155. The highest BCUT2D eigenvalue weighted by Crippen LogP contribution is 2.10. The minimum Gasteiger partial charge on any atom is -0.377 e. The highest BCUT2D eigenvalue weighted by Gasteiger charge is 2.10. The summed E-state index contributed by atoms with van der Waals surface area (Å²) in [6.07, 6.45) is 0.708. The van der Waals surface area contributed by atoms with Gasteiger partial charge in [-0.25, -0.2) is 4.98 Å². The van der Waals surface area contributed by atoms with Crippen LogP contribution in [0.5, 0.6) is 0 Å². The third-order valence-corrected chi connectivity index (χ3v) is 4.00. The fourth-order valence-corrected chi connectivity index (χ4v) is 2.69. The summed E-state index contributed by atoms with van der Waals surface area (Å²) in [6, 6.07) is 8.02. The van der Waals surface area contributed by atoms with Gasteiger partial charge in [-0.15, -0.1) is 23.7 Å². The van der Waals surface area contributed by atoms with E-state index in [2.05, 4.69) is 10.3 Å². The third kappa shape index (κ3) is 6.27.